The molecule has 6 rings (SSSR count). The second kappa shape index (κ2) is 10.4. The molecule has 8 heteroatoms. The minimum atomic E-state index is -0.977. The zero-order valence-corrected chi connectivity index (χ0v) is 23.7. The van der Waals surface area contributed by atoms with Crippen LogP contribution in [-0.4, -0.2) is 39.6 Å². The van der Waals surface area contributed by atoms with Crippen molar-refractivity contribution in [3.05, 3.63) is 65.6 Å². The number of benzene rings is 2. The monoisotopic (exact) mass is 544 g/mol. The van der Waals surface area contributed by atoms with E-state index in [1.807, 2.05) is 36.1 Å². The lowest BCUT2D eigenvalue weighted by molar-refractivity contribution is 0.244. The predicted octanol–water partition coefficient (Wildman–Crippen LogP) is 5.94. The highest BCUT2D eigenvalue weighted by Gasteiger charge is 2.52. The van der Waals surface area contributed by atoms with Gasteiger partial charge in [-0.2, -0.15) is 0 Å². The summed E-state index contributed by atoms with van der Waals surface area (Å²) in [6.07, 6.45) is 7.27. The van der Waals surface area contributed by atoms with E-state index in [1.165, 1.54) is 18.4 Å². The Morgan fingerprint density at radius 2 is 1.87 bits per heavy atom. The number of carbonyl (C=O) groups excluding carboxylic acids is 1. The van der Waals surface area contributed by atoms with E-state index in [0.29, 0.717) is 36.6 Å². The molecule has 39 heavy (non-hydrogen) atoms. The summed E-state index contributed by atoms with van der Waals surface area (Å²) >= 11 is 0. The van der Waals surface area contributed by atoms with Crippen molar-refractivity contribution in [3.63, 3.8) is 0 Å². The van der Waals surface area contributed by atoms with Gasteiger partial charge in [-0.15, -0.1) is 0 Å². The van der Waals surface area contributed by atoms with Crippen LogP contribution in [0.4, 0.5) is 10.5 Å². The minimum absolute atomic E-state index is 0.0584. The highest BCUT2D eigenvalue weighted by atomic mass is 32.2. The molecule has 2 aromatic carbocycles. The van der Waals surface area contributed by atoms with Crippen LogP contribution < -0.4 is 15.0 Å². The molecule has 1 aromatic heterocycles. The molecular weight excluding hydrogens is 508 g/mol. The van der Waals surface area contributed by atoms with Crippen LogP contribution in [0.1, 0.15) is 68.7 Å². The molecule has 7 nitrogen and oxygen atoms in total. The molecule has 3 aliphatic rings. The van der Waals surface area contributed by atoms with Gasteiger partial charge in [-0.1, -0.05) is 32.0 Å². The van der Waals surface area contributed by atoms with Gasteiger partial charge in [-0.25, -0.2) is 14.8 Å². The van der Waals surface area contributed by atoms with E-state index in [-0.39, 0.29) is 11.4 Å². The molecule has 3 aromatic rings. The van der Waals surface area contributed by atoms with Crippen molar-refractivity contribution < 1.29 is 13.7 Å². The maximum Gasteiger partial charge on any atom is 0.322 e. The van der Waals surface area contributed by atoms with E-state index < -0.39 is 10.8 Å². The van der Waals surface area contributed by atoms with Crippen molar-refractivity contribution in [3.8, 4) is 17.0 Å². The summed E-state index contributed by atoms with van der Waals surface area (Å²) in [7, 11) is 0.689. The topological polar surface area (TPSA) is 84.4 Å². The van der Waals surface area contributed by atoms with Gasteiger partial charge in [0, 0.05) is 40.8 Å². The minimum Gasteiger partial charge on any atom is -0.480 e. The zero-order valence-electron chi connectivity index (χ0n) is 22.9. The molecule has 0 bridgehead atoms. The predicted molar refractivity (Wildman–Crippen MR) is 154 cm³/mol. The summed E-state index contributed by atoms with van der Waals surface area (Å²) in [6, 6.07) is 14.1. The number of urea groups is 1. The van der Waals surface area contributed by atoms with Crippen LogP contribution in [0.3, 0.4) is 0 Å². The number of anilines is 1. The highest BCUT2D eigenvalue weighted by Crippen LogP contribution is 2.57. The molecule has 0 radical (unpaired) electrons. The van der Waals surface area contributed by atoms with Crippen molar-refractivity contribution >= 4 is 22.5 Å². The zero-order chi connectivity index (χ0) is 27.1. The number of hydrogen-bond acceptors (Lipinski definition) is 5. The van der Waals surface area contributed by atoms with E-state index in [4.69, 9.17) is 4.74 Å². The fourth-order valence-electron chi connectivity index (χ4n) is 6.21. The third kappa shape index (κ3) is 4.73. The molecule has 1 aliphatic heterocycles. The van der Waals surface area contributed by atoms with Gasteiger partial charge >= 0.3 is 6.03 Å². The number of ether oxygens (including phenoxy) is 1. The first-order valence-corrected chi connectivity index (χ1v) is 15.4. The van der Waals surface area contributed by atoms with E-state index in [0.717, 1.165) is 52.2 Å². The molecule has 204 valence electrons. The molecule has 0 saturated heterocycles. The number of fused-ring (bicyclic) bond motifs is 1. The van der Waals surface area contributed by atoms with Crippen LogP contribution in [0.5, 0.6) is 5.88 Å². The number of methoxy groups -OCH3 is 1. The normalized spacial score (nSPS) is 20.9. The maximum atomic E-state index is 13.6. The molecule has 2 atom stereocenters. The van der Waals surface area contributed by atoms with Gasteiger partial charge in [0.1, 0.15) is 6.33 Å². The number of nitrogens with zero attached hydrogens (tertiary/aromatic N) is 3. The van der Waals surface area contributed by atoms with Crippen molar-refractivity contribution in [1.82, 2.24) is 15.3 Å². The van der Waals surface area contributed by atoms with Crippen LogP contribution in [0.2, 0.25) is 0 Å². The Morgan fingerprint density at radius 1 is 1.10 bits per heavy atom. The molecular formula is C31H36N4O3S. The van der Waals surface area contributed by atoms with Crippen LogP contribution in [-0.2, 0) is 22.8 Å². The summed E-state index contributed by atoms with van der Waals surface area (Å²) < 4.78 is 17.8. The molecule has 0 spiro atoms. The first kappa shape index (κ1) is 26.0. The first-order valence-electron chi connectivity index (χ1n) is 14.1. The van der Waals surface area contributed by atoms with E-state index in [1.54, 1.807) is 13.4 Å². The van der Waals surface area contributed by atoms with Crippen molar-refractivity contribution in [1.29, 1.82) is 0 Å². The Morgan fingerprint density at radius 3 is 2.51 bits per heavy atom. The summed E-state index contributed by atoms with van der Waals surface area (Å²) in [5, 5.41) is 3.13. The first-order chi connectivity index (χ1) is 19.0. The van der Waals surface area contributed by atoms with Crippen molar-refractivity contribution in [2.24, 2.45) is 5.92 Å². The quantitative estimate of drug-likeness (QED) is 0.360. The Kier molecular flexibility index (Phi) is 6.91. The Labute approximate surface area is 232 Å². The fraction of sp³-hybridized carbons (Fsp3) is 0.452. The number of hydrogen-bond donors (Lipinski definition) is 1. The van der Waals surface area contributed by atoms with Gasteiger partial charge in [0.2, 0.25) is 5.88 Å². The van der Waals surface area contributed by atoms with Gasteiger partial charge in [0.05, 0.1) is 29.2 Å². The second-order valence-electron chi connectivity index (χ2n) is 11.0. The lowest BCUT2D eigenvalue weighted by Gasteiger charge is -2.29. The second-order valence-corrected chi connectivity index (χ2v) is 12.7. The summed E-state index contributed by atoms with van der Waals surface area (Å²) in [4.78, 5) is 25.4. The number of amides is 2. The van der Waals surface area contributed by atoms with Crippen LogP contribution >= 0.6 is 0 Å². The fourth-order valence-corrected chi connectivity index (χ4v) is 6.98. The van der Waals surface area contributed by atoms with Gasteiger partial charge in [0.15, 0.2) is 0 Å². The number of carbonyl (C=O) groups is 1. The van der Waals surface area contributed by atoms with Crippen LogP contribution in [0.25, 0.3) is 11.1 Å². The Bertz CT molecular complexity index is 1420. The van der Waals surface area contributed by atoms with Gasteiger partial charge < -0.3 is 10.1 Å². The molecule has 2 saturated carbocycles. The summed E-state index contributed by atoms with van der Waals surface area (Å²) in [5.74, 6) is 2.25. The molecule has 2 unspecified atom stereocenters. The van der Waals surface area contributed by atoms with Gasteiger partial charge in [-0.05, 0) is 79.0 Å². The third-order valence-electron chi connectivity index (χ3n) is 8.68. The highest BCUT2D eigenvalue weighted by molar-refractivity contribution is 7.85. The molecule has 2 fully saturated rings. The average molecular weight is 545 g/mol. The SMILES string of the molecule is CCS(=O)c1ccc(CNC(=O)N2CC(CC)(C3CC3)c3cc(-c4c(OC)ncnc4C4CC4)ccc32)cc1. The number of nitrogens with one attached hydrogen (secondary N) is 1. The van der Waals surface area contributed by atoms with E-state index in [9.17, 15) is 9.00 Å². The van der Waals surface area contributed by atoms with Gasteiger partial charge in [0.25, 0.3) is 0 Å². The van der Waals surface area contributed by atoms with Crippen molar-refractivity contribution in [2.75, 3.05) is 24.3 Å². The van der Waals surface area contributed by atoms with E-state index in [2.05, 4.69) is 40.4 Å². The maximum absolute atomic E-state index is 13.6. The third-order valence-corrected chi connectivity index (χ3v) is 10.0. The average Bonchev–Trinajstić information content (AvgIpc) is 3.92. The van der Waals surface area contributed by atoms with Crippen LogP contribution in [0.15, 0.2) is 53.7 Å². The van der Waals surface area contributed by atoms with Gasteiger partial charge in [-0.3, -0.25) is 9.11 Å². The summed E-state index contributed by atoms with van der Waals surface area (Å²) in [6.45, 7) is 5.27. The number of rotatable bonds is 9. The van der Waals surface area contributed by atoms with E-state index >= 15 is 0 Å². The molecule has 2 heterocycles. The Hall–Kier alpha value is -3.26. The smallest absolute Gasteiger partial charge is 0.322 e. The largest absolute Gasteiger partial charge is 0.480 e. The molecule has 1 N–H and O–H groups in total. The molecule has 2 aliphatic carbocycles. The summed E-state index contributed by atoms with van der Waals surface area (Å²) in [5.41, 5.74) is 6.29. The molecule has 2 amide bonds. The number of aromatic nitrogens is 2. The lowest BCUT2D eigenvalue weighted by atomic mass is 9.75. The Balaban J connectivity index is 1.31. The standard InChI is InChI=1S/C31H36N4O3S/c1-4-31(23-11-12-23)18-35(30(36)32-17-20-6-13-24(14-7-20)39(37)5-2)26-15-10-22(16-25(26)31)27-28(21-8-9-21)33-19-34-29(27)38-3/h6-7,10,13-16,19,21,23H,4-5,8-9,11-12,17-18H2,1-3H3,(H,32,36). The van der Waals surface area contributed by atoms with Crippen LogP contribution in [0, 0.1) is 5.92 Å². The lowest BCUT2D eigenvalue weighted by Crippen LogP contribution is -2.43. The van der Waals surface area contributed by atoms with Crippen molar-refractivity contribution in [2.45, 2.75) is 68.7 Å².